The van der Waals surface area contributed by atoms with Crippen molar-refractivity contribution < 1.29 is 14.7 Å². The van der Waals surface area contributed by atoms with E-state index in [9.17, 15) is 14.7 Å². The maximum Gasteiger partial charge on any atom is 0.317 e. The Morgan fingerprint density at radius 2 is 2.25 bits per heavy atom. The molecule has 0 aromatic carbocycles. The summed E-state index contributed by atoms with van der Waals surface area (Å²) in [5.74, 6) is 3.11. The maximum absolute atomic E-state index is 12.0. The molecular weight excluding hydrogens is 276 g/mol. The zero-order chi connectivity index (χ0) is 15.2. The third-order valence-corrected chi connectivity index (χ3v) is 4.69. The molecule has 0 aliphatic carbocycles. The summed E-state index contributed by atoms with van der Waals surface area (Å²) in [5, 5.41) is 12.2. The lowest BCUT2D eigenvalue weighted by Gasteiger charge is -2.28. The van der Waals surface area contributed by atoms with Crippen LogP contribution in [0.5, 0.6) is 0 Å². The number of thioether (sulfide) groups is 1. The summed E-state index contributed by atoms with van der Waals surface area (Å²) in [6.07, 6.45) is 5.65. The Labute approximate surface area is 124 Å². The standard InChI is InChI=1S/C14H22N2O3S/c1-4-8-20-9-6-15-13(19)16-7-5-14(10-16,11(2)3)12(17)18/h1,11H,5-10H2,2-3H3,(H,15,19)(H,17,18). The molecule has 1 aliphatic heterocycles. The fourth-order valence-corrected chi connectivity index (χ4v) is 2.88. The zero-order valence-corrected chi connectivity index (χ0v) is 12.8. The van der Waals surface area contributed by atoms with E-state index in [0.29, 0.717) is 25.3 Å². The van der Waals surface area contributed by atoms with Crippen molar-refractivity contribution in [1.82, 2.24) is 10.2 Å². The highest BCUT2D eigenvalue weighted by molar-refractivity contribution is 7.99. The minimum Gasteiger partial charge on any atom is -0.481 e. The van der Waals surface area contributed by atoms with Crippen molar-refractivity contribution in [3.05, 3.63) is 0 Å². The normalized spacial score (nSPS) is 21.8. The fourth-order valence-electron chi connectivity index (χ4n) is 2.37. The van der Waals surface area contributed by atoms with Crippen molar-refractivity contribution in [1.29, 1.82) is 0 Å². The minimum absolute atomic E-state index is 0.00369. The average Bonchev–Trinajstić information content (AvgIpc) is 2.84. The molecule has 0 bridgehead atoms. The van der Waals surface area contributed by atoms with Gasteiger partial charge in [-0.25, -0.2) is 4.79 Å². The Morgan fingerprint density at radius 1 is 1.55 bits per heavy atom. The summed E-state index contributed by atoms with van der Waals surface area (Å²) in [6, 6.07) is -0.185. The number of aliphatic carboxylic acids is 1. The monoisotopic (exact) mass is 298 g/mol. The molecule has 5 nitrogen and oxygen atoms in total. The van der Waals surface area contributed by atoms with Crippen molar-refractivity contribution >= 4 is 23.8 Å². The van der Waals surface area contributed by atoms with E-state index in [1.54, 1.807) is 16.7 Å². The van der Waals surface area contributed by atoms with Gasteiger partial charge in [0.2, 0.25) is 0 Å². The van der Waals surface area contributed by atoms with E-state index < -0.39 is 11.4 Å². The molecule has 1 heterocycles. The number of nitrogens with zero attached hydrogens (tertiary/aromatic N) is 1. The number of amides is 2. The van der Waals surface area contributed by atoms with Gasteiger partial charge in [-0.1, -0.05) is 19.8 Å². The number of terminal acetylenes is 1. The molecule has 1 saturated heterocycles. The summed E-state index contributed by atoms with van der Waals surface area (Å²) in [7, 11) is 0. The van der Waals surface area contributed by atoms with Gasteiger partial charge in [0.05, 0.1) is 11.2 Å². The predicted octanol–water partition coefficient (Wildman–Crippen LogP) is 1.50. The van der Waals surface area contributed by atoms with Crippen LogP contribution < -0.4 is 5.32 Å². The Balaban J connectivity index is 2.45. The highest BCUT2D eigenvalue weighted by Crippen LogP contribution is 2.38. The first-order chi connectivity index (χ1) is 9.44. The van der Waals surface area contributed by atoms with Crippen LogP contribution in [0.15, 0.2) is 0 Å². The SMILES string of the molecule is C#CCSCCNC(=O)N1CCC(C(=O)O)(C(C)C)C1. The van der Waals surface area contributed by atoms with E-state index in [4.69, 9.17) is 6.42 Å². The van der Waals surface area contributed by atoms with Gasteiger partial charge in [0.15, 0.2) is 0 Å². The number of hydrogen-bond donors (Lipinski definition) is 2. The Morgan fingerprint density at radius 3 is 2.75 bits per heavy atom. The quantitative estimate of drug-likeness (QED) is 0.576. The molecule has 0 saturated carbocycles. The van der Waals surface area contributed by atoms with Crippen LogP contribution in [0.4, 0.5) is 4.79 Å². The lowest BCUT2D eigenvalue weighted by molar-refractivity contribution is -0.150. The van der Waals surface area contributed by atoms with Gasteiger partial charge in [0.25, 0.3) is 0 Å². The van der Waals surface area contributed by atoms with Crippen molar-refractivity contribution in [3.63, 3.8) is 0 Å². The number of carbonyl (C=O) groups excluding carboxylic acids is 1. The Bertz CT molecular complexity index is 406. The first-order valence-corrected chi connectivity index (χ1v) is 7.87. The molecule has 1 unspecified atom stereocenters. The topological polar surface area (TPSA) is 69.6 Å². The van der Waals surface area contributed by atoms with Crippen LogP contribution in [0, 0.1) is 23.7 Å². The molecule has 112 valence electrons. The van der Waals surface area contributed by atoms with E-state index in [1.807, 2.05) is 13.8 Å². The molecule has 2 amide bonds. The van der Waals surface area contributed by atoms with E-state index >= 15 is 0 Å². The van der Waals surface area contributed by atoms with Crippen molar-refractivity contribution in [2.24, 2.45) is 11.3 Å². The zero-order valence-electron chi connectivity index (χ0n) is 12.0. The largest absolute Gasteiger partial charge is 0.481 e. The number of nitrogens with one attached hydrogen (secondary N) is 1. The third-order valence-electron chi connectivity index (χ3n) is 3.83. The van der Waals surface area contributed by atoms with E-state index in [1.165, 1.54) is 0 Å². The fraction of sp³-hybridized carbons (Fsp3) is 0.714. The highest BCUT2D eigenvalue weighted by Gasteiger charge is 2.48. The second kappa shape index (κ2) is 7.44. The molecule has 20 heavy (non-hydrogen) atoms. The summed E-state index contributed by atoms with van der Waals surface area (Å²) in [4.78, 5) is 25.1. The predicted molar refractivity (Wildman–Crippen MR) is 80.7 cm³/mol. The van der Waals surface area contributed by atoms with Gasteiger partial charge in [0, 0.05) is 25.4 Å². The number of carbonyl (C=O) groups is 2. The molecule has 1 atom stereocenters. The molecule has 1 aliphatic rings. The molecule has 2 N–H and O–H groups in total. The maximum atomic E-state index is 12.0. The number of urea groups is 1. The lowest BCUT2D eigenvalue weighted by atomic mass is 9.76. The van der Waals surface area contributed by atoms with Gasteiger partial charge >= 0.3 is 12.0 Å². The number of carboxylic acids is 1. The van der Waals surface area contributed by atoms with Crippen LogP contribution in [0.25, 0.3) is 0 Å². The number of carboxylic acid groups (broad SMARTS) is 1. The van der Waals surface area contributed by atoms with Gasteiger partial charge in [-0.3, -0.25) is 4.79 Å². The minimum atomic E-state index is -0.813. The number of rotatable bonds is 6. The van der Waals surface area contributed by atoms with Gasteiger partial charge in [-0.05, 0) is 12.3 Å². The first kappa shape index (κ1) is 16.7. The molecule has 1 fully saturated rings. The summed E-state index contributed by atoms with van der Waals surface area (Å²) in [5.41, 5.74) is -0.810. The highest BCUT2D eigenvalue weighted by atomic mass is 32.2. The second-order valence-electron chi connectivity index (χ2n) is 5.28. The van der Waals surface area contributed by atoms with Crippen LogP contribution in [-0.2, 0) is 4.79 Å². The Hall–Kier alpha value is -1.35. The third kappa shape index (κ3) is 3.83. The van der Waals surface area contributed by atoms with Crippen LogP contribution in [0.3, 0.4) is 0 Å². The molecule has 6 heteroatoms. The molecule has 0 aromatic heterocycles. The van der Waals surface area contributed by atoms with Gasteiger partial charge in [0.1, 0.15) is 0 Å². The number of likely N-dealkylation sites (tertiary alicyclic amines) is 1. The Kier molecular flexibility index (Phi) is 6.21. The van der Waals surface area contributed by atoms with Crippen molar-refractivity contribution in [2.75, 3.05) is 31.1 Å². The van der Waals surface area contributed by atoms with Crippen LogP contribution >= 0.6 is 11.8 Å². The van der Waals surface area contributed by atoms with Crippen LogP contribution in [0.2, 0.25) is 0 Å². The van der Waals surface area contributed by atoms with Gasteiger partial charge in [-0.2, -0.15) is 0 Å². The summed E-state index contributed by atoms with van der Waals surface area (Å²) in [6.45, 7) is 5.11. The van der Waals surface area contributed by atoms with Crippen LogP contribution in [0.1, 0.15) is 20.3 Å². The van der Waals surface area contributed by atoms with E-state index in [0.717, 1.165) is 5.75 Å². The molecule has 1 rings (SSSR count). The summed E-state index contributed by atoms with van der Waals surface area (Å²) >= 11 is 1.58. The molecule has 0 radical (unpaired) electrons. The first-order valence-electron chi connectivity index (χ1n) is 6.71. The van der Waals surface area contributed by atoms with Gasteiger partial charge in [-0.15, -0.1) is 18.2 Å². The smallest absolute Gasteiger partial charge is 0.317 e. The number of hydrogen-bond acceptors (Lipinski definition) is 3. The molecule has 0 spiro atoms. The van der Waals surface area contributed by atoms with Crippen LogP contribution in [-0.4, -0.2) is 53.1 Å². The molecular formula is C14H22N2O3S. The van der Waals surface area contributed by atoms with Crippen molar-refractivity contribution in [2.45, 2.75) is 20.3 Å². The molecule has 0 aromatic rings. The average molecular weight is 298 g/mol. The van der Waals surface area contributed by atoms with E-state index in [-0.39, 0.29) is 18.5 Å². The van der Waals surface area contributed by atoms with Gasteiger partial charge < -0.3 is 15.3 Å². The second-order valence-corrected chi connectivity index (χ2v) is 6.38. The van der Waals surface area contributed by atoms with Crippen molar-refractivity contribution in [3.8, 4) is 12.3 Å². The summed E-state index contributed by atoms with van der Waals surface area (Å²) < 4.78 is 0. The van der Waals surface area contributed by atoms with E-state index in [2.05, 4.69) is 11.2 Å². The lowest BCUT2D eigenvalue weighted by Crippen LogP contribution is -2.44.